The minimum absolute atomic E-state index is 0.0558. The van der Waals surface area contributed by atoms with E-state index >= 15 is 0 Å². The number of aryl methyl sites for hydroxylation is 1. The van der Waals surface area contributed by atoms with Crippen LogP contribution in [0.15, 0.2) is 56.4 Å². The van der Waals surface area contributed by atoms with Gasteiger partial charge in [-0.2, -0.15) is 4.39 Å². The van der Waals surface area contributed by atoms with E-state index < -0.39 is 21.7 Å². The molecule has 4 nitrogen and oxygen atoms in total. The van der Waals surface area contributed by atoms with Crippen LogP contribution in [-0.2, 0) is 16.4 Å². The van der Waals surface area contributed by atoms with Gasteiger partial charge in [-0.15, -0.1) is 0 Å². The number of pyridine rings is 1. The molecule has 0 amide bonds. The first kappa shape index (κ1) is 17.8. The maximum atomic E-state index is 13.1. The van der Waals surface area contributed by atoms with Gasteiger partial charge in [0, 0.05) is 22.8 Å². The topological polar surface area (TPSA) is 59.1 Å². The van der Waals surface area contributed by atoms with Gasteiger partial charge >= 0.3 is 0 Å². The number of nitrogens with zero attached hydrogens (tertiary/aromatic N) is 1. The Morgan fingerprint density at radius 1 is 1.35 bits per heavy atom. The van der Waals surface area contributed by atoms with Gasteiger partial charge in [0.15, 0.2) is 5.83 Å². The molecule has 0 aliphatic heterocycles. The highest BCUT2D eigenvalue weighted by molar-refractivity contribution is 9.10. The number of nitrogens with one attached hydrogen (secondary N) is 1. The lowest BCUT2D eigenvalue weighted by molar-refractivity contribution is 0.544. The fraction of sp³-hybridized carbons (Fsp3) is 0.267. The van der Waals surface area contributed by atoms with E-state index in [9.17, 15) is 17.2 Å². The number of allylic oxidation sites excluding steroid dienone is 2. The minimum atomic E-state index is -3.85. The molecule has 23 heavy (non-hydrogen) atoms. The molecule has 0 aromatic carbocycles. The van der Waals surface area contributed by atoms with Gasteiger partial charge in [0.25, 0.3) is 0 Å². The van der Waals surface area contributed by atoms with Crippen LogP contribution in [0.25, 0.3) is 0 Å². The molecule has 1 aromatic rings. The number of hydrogen-bond donors (Lipinski definition) is 1. The van der Waals surface area contributed by atoms with Crippen molar-refractivity contribution in [2.24, 2.45) is 0 Å². The Morgan fingerprint density at radius 2 is 2.09 bits per heavy atom. The predicted octanol–water partition coefficient (Wildman–Crippen LogP) is 3.48. The lowest BCUT2D eigenvalue weighted by atomic mass is 10.2. The maximum Gasteiger partial charge on any atom is 0.242 e. The molecule has 0 radical (unpaired) electrons. The minimum Gasteiger partial charge on any atom is -0.259 e. The van der Waals surface area contributed by atoms with Crippen LogP contribution < -0.4 is 4.72 Å². The van der Waals surface area contributed by atoms with Crippen LogP contribution in [0.2, 0.25) is 0 Å². The van der Waals surface area contributed by atoms with Crippen molar-refractivity contribution < 1.29 is 17.2 Å². The highest BCUT2D eigenvalue weighted by atomic mass is 79.9. The lowest BCUT2D eigenvalue weighted by Crippen LogP contribution is -2.27. The summed E-state index contributed by atoms with van der Waals surface area (Å²) in [7, 11) is -3.85. The van der Waals surface area contributed by atoms with E-state index in [-0.39, 0.29) is 17.0 Å². The summed E-state index contributed by atoms with van der Waals surface area (Å²) < 4.78 is 53.7. The smallest absolute Gasteiger partial charge is 0.242 e. The zero-order valence-corrected chi connectivity index (χ0v) is 14.6. The van der Waals surface area contributed by atoms with Crippen LogP contribution in [0.4, 0.5) is 8.78 Å². The molecular formula is C15H13BrF2N2O2S. The second-order valence-electron chi connectivity index (χ2n) is 4.75. The number of aromatic nitrogens is 1. The molecule has 1 aliphatic carbocycles. The van der Waals surface area contributed by atoms with Crippen molar-refractivity contribution in [2.45, 2.75) is 24.7 Å². The highest BCUT2D eigenvalue weighted by Gasteiger charge is 2.20. The van der Waals surface area contributed by atoms with E-state index in [1.54, 1.807) is 0 Å². The van der Waals surface area contributed by atoms with Crippen LogP contribution in [0.5, 0.6) is 0 Å². The molecule has 0 unspecified atom stereocenters. The second-order valence-corrected chi connectivity index (χ2v) is 7.41. The summed E-state index contributed by atoms with van der Waals surface area (Å²) in [6, 6.07) is 1.46. The molecule has 0 spiro atoms. The quantitative estimate of drug-likeness (QED) is 0.741. The Hall–Kier alpha value is -1.56. The molecule has 1 aliphatic rings. The van der Waals surface area contributed by atoms with Gasteiger partial charge in [-0.25, -0.2) is 17.5 Å². The summed E-state index contributed by atoms with van der Waals surface area (Å²) >= 11 is 3.20. The van der Waals surface area contributed by atoms with Crippen LogP contribution in [0, 0.1) is 0 Å². The fourth-order valence-electron chi connectivity index (χ4n) is 1.90. The van der Waals surface area contributed by atoms with Gasteiger partial charge < -0.3 is 0 Å². The second kappa shape index (κ2) is 7.34. The van der Waals surface area contributed by atoms with Gasteiger partial charge in [-0.05, 0) is 40.2 Å². The first-order chi connectivity index (χ1) is 10.8. The van der Waals surface area contributed by atoms with Crippen LogP contribution in [-0.4, -0.2) is 19.9 Å². The molecular weight excluding hydrogens is 390 g/mol. The third kappa shape index (κ3) is 4.47. The molecule has 2 rings (SSSR count). The van der Waals surface area contributed by atoms with E-state index in [2.05, 4.69) is 31.4 Å². The summed E-state index contributed by atoms with van der Waals surface area (Å²) in [6.45, 7) is 1.69. The molecule has 8 heteroatoms. The van der Waals surface area contributed by atoms with Crippen LogP contribution in [0.1, 0.15) is 19.0 Å². The average Bonchev–Trinajstić information content (AvgIpc) is 2.50. The molecule has 0 atom stereocenters. The molecule has 0 bridgehead atoms. The van der Waals surface area contributed by atoms with Crippen LogP contribution >= 0.6 is 15.9 Å². The number of rotatable bonds is 6. The highest BCUT2D eigenvalue weighted by Crippen LogP contribution is 2.21. The van der Waals surface area contributed by atoms with E-state index in [0.717, 1.165) is 12.5 Å². The van der Waals surface area contributed by atoms with E-state index in [1.807, 2.05) is 12.7 Å². The van der Waals surface area contributed by atoms with Gasteiger partial charge in [0.2, 0.25) is 15.9 Å². The van der Waals surface area contributed by atoms with Crippen molar-refractivity contribution in [3.63, 3.8) is 0 Å². The number of halogens is 3. The number of hydrogen-bond acceptors (Lipinski definition) is 3. The normalized spacial score (nSPS) is 14.3. The summed E-state index contributed by atoms with van der Waals surface area (Å²) in [5.41, 5.74) is 4.92. The zero-order valence-electron chi connectivity index (χ0n) is 12.2. The monoisotopic (exact) mass is 402 g/mol. The molecule has 0 saturated carbocycles. The summed E-state index contributed by atoms with van der Waals surface area (Å²) in [4.78, 5) is 4.18. The maximum absolute atomic E-state index is 13.1. The van der Waals surface area contributed by atoms with Gasteiger partial charge in [0.05, 0.1) is 5.69 Å². The van der Waals surface area contributed by atoms with Crippen molar-refractivity contribution >= 4 is 26.0 Å². The van der Waals surface area contributed by atoms with Crippen LogP contribution in [0.3, 0.4) is 0 Å². The Bertz CT molecular complexity index is 865. The lowest BCUT2D eigenvalue weighted by Gasteiger charge is -2.11. The van der Waals surface area contributed by atoms with E-state index in [4.69, 9.17) is 0 Å². The molecule has 1 heterocycles. The summed E-state index contributed by atoms with van der Waals surface area (Å²) in [6.07, 6.45) is 3.65. The van der Waals surface area contributed by atoms with Crippen molar-refractivity contribution in [1.82, 2.24) is 9.71 Å². The van der Waals surface area contributed by atoms with Crippen molar-refractivity contribution in [3.8, 4) is 0 Å². The summed E-state index contributed by atoms with van der Waals surface area (Å²) in [5.74, 6) is -2.26. The Balaban J connectivity index is 2.27. The first-order valence-electron chi connectivity index (χ1n) is 6.75. The third-order valence-electron chi connectivity index (χ3n) is 2.97. The van der Waals surface area contributed by atoms with Gasteiger partial charge in [-0.1, -0.05) is 19.1 Å². The van der Waals surface area contributed by atoms with Crippen molar-refractivity contribution in [3.05, 3.63) is 57.2 Å². The van der Waals surface area contributed by atoms with Crippen molar-refractivity contribution in [1.29, 1.82) is 0 Å². The summed E-state index contributed by atoms with van der Waals surface area (Å²) in [5, 5.41) is 0. The predicted molar refractivity (Wildman–Crippen MR) is 85.5 cm³/mol. The molecule has 0 saturated heterocycles. The average molecular weight is 403 g/mol. The standard InChI is InChI=1S/C15H13BrF2N2O2S/c1-2-3-14-15(7-11(16)9-19-14)23(21,22)20-8-10-4-5-12(17)13(18)6-10/h6-7,9,20H,2-3,8H2,1H3. The Labute approximate surface area is 141 Å². The Morgan fingerprint density at radius 3 is 2.74 bits per heavy atom. The number of sulfonamides is 1. The zero-order chi connectivity index (χ0) is 17.0. The molecule has 1 aromatic heterocycles. The van der Waals surface area contributed by atoms with E-state index in [1.165, 1.54) is 12.3 Å². The molecule has 0 fully saturated rings. The molecule has 1 N–H and O–H groups in total. The molecule has 122 valence electrons. The van der Waals surface area contributed by atoms with E-state index in [0.29, 0.717) is 16.6 Å². The van der Waals surface area contributed by atoms with Gasteiger partial charge in [0.1, 0.15) is 4.90 Å². The fourth-order valence-corrected chi connectivity index (χ4v) is 3.63. The van der Waals surface area contributed by atoms with Gasteiger partial charge in [-0.3, -0.25) is 4.98 Å². The third-order valence-corrected chi connectivity index (χ3v) is 4.86. The first-order valence-corrected chi connectivity index (χ1v) is 9.03. The SMILES string of the molecule is CCCc1ncc(Br)cc1S(=O)(=O)NCC1=C=C=C(F)C(F)=C1. The Kier molecular flexibility index (Phi) is 5.68. The van der Waals surface area contributed by atoms with Crippen molar-refractivity contribution in [2.75, 3.05) is 6.54 Å². The largest absolute Gasteiger partial charge is 0.259 e.